The van der Waals surface area contributed by atoms with Crippen LogP contribution in [-0.2, 0) is 9.47 Å². The Balaban J connectivity index is 1.75. The lowest BCUT2D eigenvalue weighted by Crippen LogP contribution is -2.18. The number of hydrogen-bond donors (Lipinski definition) is 2. The van der Waals surface area contributed by atoms with E-state index in [0.717, 1.165) is 25.0 Å². The molecule has 0 aliphatic carbocycles. The van der Waals surface area contributed by atoms with E-state index in [1.165, 1.54) is 0 Å². The SMILES string of the molecule is Nc1ccc2[nH]nc(C(=O)OCC3CCCO3)c2c1. The van der Waals surface area contributed by atoms with Crippen LogP contribution in [0.25, 0.3) is 10.9 Å². The van der Waals surface area contributed by atoms with Crippen LogP contribution < -0.4 is 5.73 Å². The normalized spacial score (nSPS) is 18.8. The second-order valence-electron chi connectivity index (χ2n) is 4.61. The van der Waals surface area contributed by atoms with E-state index in [4.69, 9.17) is 15.2 Å². The van der Waals surface area contributed by atoms with E-state index in [0.29, 0.717) is 11.1 Å². The van der Waals surface area contributed by atoms with Gasteiger partial charge >= 0.3 is 5.97 Å². The molecule has 0 radical (unpaired) electrons. The number of aromatic amines is 1. The van der Waals surface area contributed by atoms with Crippen LogP contribution in [0.4, 0.5) is 5.69 Å². The number of nitrogens with zero attached hydrogens (tertiary/aromatic N) is 1. The zero-order chi connectivity index (χ0) is 13.2. The Hall–Kier alpha value is -2.08. The van der Waals surface area contributed by atoms with Gasteiger partial charge in [0.15, 0.2) is 5.69 Å². The van der Waals surface area contributed by atoms with Crippen molar-refractivity contribution in [3.63, 3.8) is 0 Å². The minimum Gasteiger partial charge on any atom is -0.458 e. The van der Waals surface area contributed by atoms with E-state index >= 15 is 0 Å². The maximum atomic E-state index is 12.0. The number of H-pyrrole nitrogens is 1. The van der Waals surface area contributed by atoms with Crippen LogP contribution >= 0.6 is 0 Å². The van der Waals surface area contributed by atoms with Gasteiger partial charge in [0, 0.05) is 17.7 Å². The second-order valence-corrected chi connectivity index (χ2v) is 4.61. The standard InChI is InChI=1S/C13H15N3O3/c14-8-3-4-11-10(6-8)12(16-15-11)13(17)19-7-9-2-1-5-18-9/h3-4,6,9H,1-2,5,7,14H2,(H,15,16). The molecule has 1 fully saturated rings. The van der Waals surface area contributed by atoms with Gasteiger partial charge in [-0.05, 0) is 31.0 Å². The van der Waals surface area contributed by atoms with Crippen molar-refractivity contribution in [3.05, 3.63) is 23.9 Å². The summed E-state index contributed by atoms with van der Waals surface area (Å²) in [6.07, 6.45) is 1.96. The van der Waals surface area contributed by atoms with Crippen molar-refractivity contribution < 1.29 is 14.3 Å². The van der Waals surface area contributed by atoms with Gasteiger partial charge in [0.1, 0.15) is 6.61 Å². The number of nitrogens with two attached hydrogens (primary N) is 1. The Morgan fingerprint density at radius 2 is 2.47 bits per heavy atom. The second kappa shape index (κ2) is 4.89. The summed E-state index contributed by atoms with van der Waals surface area (Å²) in [6.45, 7) is 1.01. The van der Waals surface area contributed by atoms with Gasteiger partial charge in [0.05, 0.1) is 11.6 Å². The van der Waals surface area contributed by atoms with E-state index in [-0.39, 0.29) is 18.4 Å². The summed E-state index contributed by atoms with van der Waals surface area (Å²) in [7, 11) is 0. The lowest BCUT2D eigenvalue weighted by Gasteiger charge is -2.09. The van der Waals surface area contributed by atoms with Crippen LogP contribution in [-0.4, -0.2) is 35.5 Å². The number of rotatable bonds is 3. The first-order chi connectivity index (χ1) is 9.24. The molecule has 2 aromatic rings. The number of nitrogens with one attached hydrogen (secondary N) is 1. The molecule has 1 aliphatic rings. The summed E-state index contributed by atoms with van der Waals surface area (Å²) >= 11 is 0. The van der Waals surface area contributed by atoms with Gasteiger partial charge in [-0.3, -0.25) is 5.10 Å². The van der Waals surface area contributed by atoms with Crippen molar-refractivity contribution in [2.75, 3.05) is 18.9 Å². The highest BCUT2D eigenvalue weighted by molar-refractivity contribution is 6.02. The van der Waals surface area contributed by atoms with Crippen LogP contribution in [0.2, 0.25) is 0 Å². The molecule has 6 nitrogen and oxygen atoms in total. The highest BCUT2D eigenvalue weighted by Gasteiger charge is 2.20. The Kier molecular flexibility index (Phi) is 3.08. The van der Waals surface area contributed by atoms with E-state index in [9.17, 15) is 4.79 Å². The minimum atomic E-state index is -0.452. The fourth-order valence-corrected chi connectivity index (χ4v) is 2.20. The maximum Gasteiger partial charge on any atom is 0.359 e. The molecule has 1 aromatic carbocycles. The van der Waals surface area contributed by atoms with Crippen LogP contribution in [0.3, 0.4) is 0 Å². The predicted octanol–water partition coefficient (Wildman–Crippen LogP) is 1.48. The molecule has 1 aromatic heterocycles. The Labute approximate surface area is 109 Å². The van der Waals surface area contributed by atoms with Gasteiger partial charge < -0.3 is 15.2 Å². The summed E-state index contributed by atoms with van der Waals surface area (Å²) in [4.78, 5) is 12.0. The lowest BCUT2D eigenvalue weighted by atomic mass is 10.2. The molecule has 0 amide bonds. The minimum absolute atomic E-state index is 0.0132. The third kappa shape index (κ3) is 2.39. The molecule has 0 bridgehead atoms. The van der Waals surface area contributed by atoms with Gasteiger partial charge in [-0.15, -0.1) is 0 Å². The fraction of sp³-hybridized carbons (Fsp3) is 0.385. The van der Waals surface area contributed by atoms with Crippen molar-refractivity contribution in [1.29, 1.82) is 0 Å². The number of carbonyl (C=O) groups excluding carboxylic acids is 1. The van der Waals surface area contributed by atoms with Gasteiger partial charge in [-0.25, -0.2) is 4.79 Å². The number of ether oxygens (including phenoxy) is 2. The molecule has 0 spiro atoms. The predicted molar refractivity (Wildman–Crippen MR) is 69.8 cm³/mol. The summed E-state index contributed by atoms with van der Waals surface area (Å²) in [6, 6.07) is 5.25. The van der Waals surface area contributed by atoms with Gasteiger partial charge in [-0.2, -0.15) is 5.10 Å². The summed E-state index contributed by atoms with van der Waals surface area (Å²) in [5.74, 6) is -0.452. The molecule has 1 atom stereocenters. The monoisotopic (exact) mass is 261 g/mol. The fourth-order valence-electron chi connectivity index (χ4n) is 2.20. The number of nitrogen functional groups attached to an aromatic ring is 1. The molecule has 6 heteroatoms. The van der Waals surface area contributed by atoms with Crippen LogP contribution in [0, 0.1) is 0 Å². The van der Waals surface area contributed by atoms with Gasteiger partial charge in [0.25, 0.3) is 0 Å². The number of carbonyl (C=O) groups is 1. The molecule has 1 unspecified atom stereocenters. The summed E-state index contributed by atoms with van der Waals surface area (Å²) in [5, 5.41) is 7.45. The molecule has 2 heterocycles. The quantitative estimate of drug-likeness (QED) is 0.645. The van der Waals surface area contributed by atoms with Gasteiger partial charge in [-0.1, -0.05) is 0 Å². The topological polar surface area (TPSA) is 90.2 Å². The average Bonchev–Trinajstić information content (AvgIpc) is 3.04. The first-order valence-corrected chi connectivity index (χ1v) is 6.26. The zero-order valence-electron chi connectivity index (χ0n) is 10.4. The zero-order valence-corrected chi connectivity index (χ0v) is 10.4. The van der Waals surface area contributed by atoms with E-state index in [1.807, 2.05) is 0 Å². The highest BCUT2D eigenvalue weighted by atomic mass is 16.6. The molecular weight excluding hydrogens is 246 g/mol. The van der Waals surface area contributed by atoms with E-state index < -0.39 is 5.97 Å². The van der Waals surface area contributed by atoms with Crippen LogP contribution in [0.1, 0.15) is 23.3 Å². The maximum absolute atomic E-state index is 12.0. The van der Waals surface area contributed by atoms with Crippen molar-refractivity contribution in [3.8, 4) is 0 Å². The molecule has 3 N–H and O–H groups in total. The number of benzene rings is 1. The van der Waals surface area contributed by atoms with Crippen molar-refractivity contribution in [1.82, 2.24) is 10.2 Å². The molecule has 3 rings (SSSR count). The number of anilines is 1. The number of esters is 1. The molecule has 1 aliphatic heterocycles. The third-order valence-electron chi connectivity index (χ3n) is 3.20. The lowest BCUT2D eigenvalue weighted by molar-refractivity contribution is 0.0158. The number of fused-ring (bicyclic) bond motifs is 1. The Morgan fingerprint density at radius 1 is 1.58 bits per heavy atom. The van der Waals surface area contributed by atoms with Crippen LogP contribution in [0.15, 0.2) is 18.2 Å². The Bertz CT molecular complexity index is 602. The summed E-state index contributed by atoms with van der Waals surface area (Å²) in [5.41, 5.74) is 7.32. The molecule has 0 saturated carbocycles. The van der Waals surface area contributed by atoms with E-state index in [2.05, 4.69) is 10.2 Å². The first-order valence-electron chi connectivity index (χ1n) is 6.26. The number of hydrogen-bond acceptors (Lipinski definition) is 5. The first kappa shape index (κ1) is 12.0. The largest absolute Gasteiger partial charge is 0.458 e. The molecule has 100 valence electrons. The van der Waals surface area contributed by atoms with Crippen molar-refractivity contribution in [2.24, 2.45) is 0 Å². The molecule has 19 heavy (non-hydrogen) atoms. The average molecular weight is 261 g/mol. The van der Waals surface area contributed by atoms with Crippen LogP contribution in [0.5, 0.6) is 0 Å². The third-order valence-corrected chi connectivity index (χ3v) is 3.20. The number of aromatic nitrogens is 2. The summed E-state index contributed by atoms with van der Waals surface area (Å²) < 4.78 is 10.6. The highest BCUT2D eigenvalue weighted by Crippen LogP contribution is 2.20. The van der Waals surface area contributed by atoms with E-state index in [1.54, 1.807) is 18.2 Å². The molecular formula is C13H15N3O3. The molecule has 1 saturated heterocycles. The Morgan fingerprint density at radius 3 is 3.26 bits per heavy atom. The van der Waals surface area contributed by atoms with Gasteiger partial charge in [0.2, 0.25) is 0 Å². The van der Waals surface area contributed by atoms with Crippen molar-refractivity contribution in [2.45, 2.75) is 18.9 Å². The smallest absolute Gasteiger partial charge is 0.359 e. The van der Waals surface area contributed by atoms with Crippen molar-refractivity contribution >= 4 is 22.6 Å².